The van der Waals surface area contributed by atoms with Gasteiger partial charge < -0.3 is 9.80 Å². The second-order valence-electron chi connectivity index (χ2n) is 9.73. The standard InChI is InChI=1S/C32H37N5O/c1-4-6-8-16-30(25(3)5-2)35-17-19-36(20-18-35)32(38)24-37-31(27-13-9-7-10-14-27)22-29(34-37)28-15-11-12-26(21-28)23-33/h4,6-13,15-16,21-22,27H,5,14,17-20,24H2,1-3H3/b6-4-,16-8-,30-25-. The number of benzene rings is 1. The van der Waals surface area contributed by atoms with E-state index in [1.807, 2.05) is 46.9 Å². The fourth-order valence-electron chi connectivity index (χ4n) is 4.93. The van der Waals surface area contributed by atoms with Gasteiger partial charge in [0.25, 0.3) is 0 Å². The molecule has 0 N–H and O–H groups in total. The quantitative estimate of drug-likeness (QED) is 0.412. The number of carbonyl (C=O) groups is 1. The maximum atomic E-state index is 13.5. The lowest BCUT2D eigenvalue weighted by atomic mass is 9.96. The Labute approximate surface area is 226 Å². The first kappa shape index (κ1) is 26.9. The Kier molecular flexibility index (Phi) is 9.16. The van der Waals surface area contributed by atoms with Crippen LogP contribution in [0.25, 0.3) is 11.3 Å². The molecule has 2 aromatic rings. The van der Waals surface area contributed by atoms with E-state index < -0.39 is 0 Å². The number of allylic oxidation sites excluding steroid dienone is 9. The highest BCUT2D eigenvalue weighted by atomic mass is 16.2. The first-order valence-electron chi connectivity index (χ1n) is 13.5. The summed E-state index contributed by atoms with van der Waals surface area (Å²) in [4.78, 5) is 17.8. The number of aromatic nitrogens is 2. The van der Waals surface area contributed by atoms with E-state index in [0.717, 1.165) is 42.9 Å². The molecule has 196 valence electrons. The van der Waals surface area contributed by atoms with Gasteiger partial charge in [0.2, 0.25) is 5.91 Å². The molecule has 6 heteroatoms. The first-order chi connectivity index (χ1) is 18.5. The largest absolute Gasteiger partial charge is 0.368 e. The van der Waals surface area contributed by atoms with Gasteiger partial charge in [0.05, 0.1) is 17.3 Å². The van der Waals surface area contributed by atoms with Crippen molar-refractivity contribution in [2.24, 2.45) is 0 Å². The summed E-state index contributed by atoms with van der Waals surface area (Å²) in [5.41, 5.74) is 5.91. The zero-order valence-electron chi connectivity index (χ0n) is 22.7. The third-order valence-corrected chi connectivity index (χ3v) is 7.24. The summed E-state index contributed by atoms with van der Waals surface area (Å²) in [5, 5.41) is 14.2. The van der Waals surface area contributed by atoms with Crippen molar-refractivity contribution in [1.82, 2.24) is 19.6 Å². The van der Waals surface area contributed by atoms with E-state index in [4.69, 9.17) is 5.10 Å². The molecule has 1 saturated heterocycles. The van der Waals surface area contributed by atoms with Crippen LogP contribution in [0.1, 0.15) is 50.8 Å². The second-order valence-corrected chi connectivity index (χ2v) is 9.73. The van der Waals surface area contributed by atoms with Crippen molar-refractivity contribution < 1.29 is 4.79 Å². The van der Waals surface area contributed by atoms with Crippen LogP contribution in [0.15, 0.2) is 90.2 Å². The van der Waals surface area contributed by atoms with Gasteiger partial charge in [-0.3, -0.25) is 9.48 Å². The molecule has 0 bridgehead atoms. The van der Waals surface area contributed by atoms with Crippen LogP contribution in [0.5, 0.6) is 0 Å². The van der Waals surface area contributed by atoms with Crippen molar-refractivity contribution in [3.8, 4) is 17.3 Å². The van der Waals surface area contributed by atoms with Crippen LogP contribution in [0.2, 0.25) is 0 Å². The van der Waals surface area contributed by atoms with E-state index >= 15 is 0 Å². The molecule has 1 aliphatic carbocycles. The minimum Gasteiger partial charge on any atom is -0.368 e. The number of amides is 1. The van der Waals surface area contributed by atoms with Crippen LogP contribution >= 0.6 is 0 Å². The summed E-state index contributed by atoms with van der Waals surface area (Å²) in [6.45, 7) is 9.60. The molecule has 1 aliphatic heterocycles. The average molecular weight is 508 g/mol. The van der Waals surface area contributed by atoms with Crippen LogP contribution in [0.3, 0.4) is 0 Å². The Bertz CT molecular complexity index is 1330. The summed E-state index contributed by atoms with van der Waals surface area (Å²) in [6, 6.07) is 11.7. The lowest BCUT2D eigenvalue weighted by molar-refractivity contribution is -0.133. The molecule has 0 spiro atoms. The number of piperazine rings is 1. The highest BCUT2D eigenvalue weighted by molar-refractivity contribution is 5.76. The lowest BCUT2D eigenvalue weighted by Gasteiger charge is -2.37. The van der Waals surface area contributed by atoms with Gasteiger partial charge in [0, 0.05) is 49.1 Å². The Morgan fingerprint density at radius 1 is 1.13 bits per heavy atom. The van der Waals surface area contributed by atoms with E-state index in [9.17, 15) is 10.1 Å². The van der Waals surface area contributed by atoms with Crippen LogP contribution in [0.4, 0.5) is 0 Å². The molecule has 1 aromatic heterocycles. The van der Waals surface area contributed by atoms with Gasteiger partial charge >= 0.3 is 0 Å². The third-order valence-electron chi connectivity index (χ3n) is 7.24. The molecule has 1 amide bonds. The molecule has 1 unspecified atom stereocenters. The zero-order chi connectivity index (χ0) is 26.9. The van der Waals surface area contributed by atoms with Crippen molar-refractivity contribution >= 4 is 5.91 Å². The van der Waals surface area contributed by atoms with Crippen LogP contribution in [-0.4, -0.2) is 51.7 Å². The monoisotopic (exact) mass is 507 g/mol. The molecular weight excluding hydrogens is 470 g/mol. The van der Waals surface area contributed by atoms with Gasteiger partial charge in [-0.2, -0.15) is 10.4 Å². The molecule has 0 radical (unpaired) electrons. The predicted octanol–water partition coefficient (Wildman–Crippen LogP) is 5.98. The Morgan fingerprint density at radius 3 is 2.61 bits per heavy atom. The second kappa shape index (κ2) is 12.9. The van der Waals surface area contributed by atoms with Gasteiger partial charge in [-0.1, -0.05) is 67.2 Å². The smallest absolute Gasteiger partial charge is 0.244 e. The van der Waals surface area contributed by atoms with E-state index in [1.165, 1.54) is 11.3 Å². The molecular formula is C32H37N5O. The van der Waals surface area contributed by atoms with E-state index in [2.05, 4.69) is 67.3 Å². The van der Waals surface area contributed by atoms with Crippen LogP contribution < -0.4 is 0 Å². The van der Waals surface area contributed by atoms with Crippen LogP contribution in [-0.2, 0) is 11.3 Å². The number of nitriles is 1. The van der Waals surface area contributed by atoms with Crippen molar-refractivity contribution in [1.29, 1.82) is 5.26 Å². The number of rotatable bonds is 8. The number of nitrogens with zero attached hydrogens (tertiary/aromatic N) is 5. The normalized spacial score (nSPS) is 18.3. The fourth-order valence-corrected chi connectivity index (χ4v) is 4.93. The average Bonchev–Trinajstić information content (AvgIpc) is 3.39. The summed E-state index contributed by atoms with van der Waals surface area (Å²) >= 11 is 0. The summed E-state index contributed by atoms with van der Waals surface area (Å²) in [5.74, 6) is 0.252. The molecule has 38 heavy (non-hydrogen) atoms. The van der Waals surface area contributed by atoms with Crippen LogP contribution in [0, 0.1) is 11.3 Å². The molecule has 2 heterocycles. The predicted molar refractivity (Wildman–Crippen MR) is 153 cm³/mol. The van der Waals surface area contributed by atoms with E-state index in [1.54, 1.807) is 6.07 Å². The Balaban J connectivity index is 1.50. The fraction of sp³-hybridized carbons (Fsp3) is 0.344. The maximum Gasteiger partial charge on any atom is 0.244 e. The van der Waals surface area contributed by atoms with E-state index in [0.29, 0.717) is 18.7 Å². The summed E-state index contributed by atoms with van der Waals surface area (Å²) in [6.07, 6.45) is 18.6. The first-order valence-corrected chi connectivity index (χ1v) is 13.5. The Morgan fingerprint density at radius 2 is 1.92 bits per heavy atom. The van der Waals surface area contributed by atoms with E-state index in [-0.39, 0.29) is 18.4 Å². The van der Waals surface area contributed by atoms with Gasteiger partial charge in [-0.05, 0) is 51.0 Å². The van der Waals surface area contributed by atoms with Crippen molar-refractivity contribution in [2.75, 3.05) is 26.2 Å². The molecule has 1 fully saturated rings. The SMILES string of the molecule is C\C=C/C=C\C(=C(/C)CC)N1CCN(C(=O)Cn2nc(-c3cccc(C#N)c3)cc2C2C=CC=CC2)CC1. The summed E-state index contributed by atoms with van der Waals surface area (Å²) < 4.78 is 1.86. The summed E-state index contributed by atoms with van der Waals surface area (Å²) in [7, 11) is 0. The number of carbonyl (C=O) groups excluding carboxylic acids is 1. The maximum absolute atomic E-state index is 13.5. The van der Waals surface area contributed by atoms with Gasteiger partial charge in [0.1, 0.15) is 6.54 Å². The van der Waals surface area contributed by atoms with Crippen molar-refractivity contribution in [3.05, 3.63) is 101 Å². The van der Waals surface area contributed by atoms with Gasteiger partial charge in [-0.15, -0.1) is 0 Å². The molecule has 1 atom stereocenters. The van der Waals surface area contributed by atoms with Crippen molar-refractivity contribution in [3.63, 3.8) is 0 Å². The highest BCUT2D eigenvalue weighted by Gasteiger charge is 2.25. The molecule has 4 rings (SSSR count). The number of hydrogen-bond acceptors (Lipinski definition) is 4. The molecule has 6 nitrogen and oxygen atoms in total. The third kappa shape index (κ3) is 6.41. The molecule has 2 aliphatic rings. The topological polar surface area (TPSA) is 65.2 Å². The lowest BCUT2D eigenvalue weighted by Crippen LogP contribution is -2.49. The number of hydrogen-bond donors (Lipinski definition) is 0. The van der Waals surface area contributed by atoms with Gasteiger partial charge in [-0.25, -0.2) is 0 Å². The highest BCUT2D eigenvalue weighted by Crippen LogP contribution is 2.29. The molecule has 0 saturated carbocycles. The zero-order valence-corrected chi connectivity index (χ0v) is 22.7. The minimum absolute atomic E-state index is 0.0869. The Hall–Kier alpha value is -4.11. The van der Waals surface area contributed by atoms with Gasteiger partial charge in [0.15, 0.2) is 0 Å². The minimum atomic E-state index is 0.0869. The van der Waals surface area contributed by atoms with Crippen molar-refractivity contribution in [2.45, 2.75) is 46.1 Å². The molecule has 1 aromatic carbocycles.